The van der Waals surface area contributed by atoms with Crippen LogP contribution >= 0.6 is 0 Å². The number of hydrogen-bond acceptors (Lipinski definition) is 5. The van der Waals surface area contributed by atoms with E-state index in [2.05, 4.69) is 0 Å². The van der Waals surface area contributed by atoms with Crippen molar-refractivity contribution in [2.75, 3.05) is 60.0 Å². The molecule has 2 saturated carbocycles. The number of halogens is 13. The highest BCUT2D eigenvalue weighted by Crippen LogP contribution is 2.63. The number of hydrogen-bond donors (Lipinski definition) is 0. The summed E-state index contributed by atoms with van der Waals surface area (Å²) < 4.78 is 209. The van der Waals surface area contributed by atoms with Gasteiger partial charge in [0.05, 0.1) is 59.1 Å². The number of benzene rings is 1. The van der Waals surface area contributed by atoms with Crippen molar-refractivity contribution >= 4 is 6.08 Å². The maximum absolute atomic E-state index is 15.5. The number of allylic oxidation sites excluding steroid dienone is 4. The van der Waals surface area contributed by atoms with Gasteiger partial charge in [-0.3, -0.25) is 0 Å². The molecule has 0 bridgehead atoms. The molecule has 0 spiro atoms. The molecule has 0 aliphatic heterocycles. The quantitative estimate of drug-likeness (QED) is 0.0476. The van der Waals surface area contributed by atoms with Gasteiger partial charge in [0.2, 0.25) is 0 Å². The van der Waals surface area contributed by atoms with E-state index >= 15 is 8.78 Å². The molecule has 2 fully saturated rings. The van der Waals surface area contributed by atoms with Crippen LogP contribution in [-0.2, 0) is 23.7 Å². The minimum atomic E-state index is -7.94. The van der Waals surface area contributed by atoms with Crippen LogP contribution in [-0.4, -0.2) is 95.8 Å². The maximum Gasteiger partial charge on any atom is 0.460 e. The van der Waals surface area contributed by atoms with Crippen molar-refractivity contribution in [3.8, 4) is 0 Å². The molecule has 0 amide bonds. The van der Waals surface area contributed by atoms with Crippen LogP contribution in [0.2, 0.25) is 0 Å². The molecule has 0 aromatic heterocycles. The van der Waals surface area contributed by atoms with Crippen molar-refractivity contribution in [1.82, 2.24) is 0 Å². The molecular formula is C38H47F13O5. The minimum absolute atomic E-state index is 0.0260. The first-order valence-corrected chi connectivity index (χ1v) is 18.0. The second-order valence-corrected chi connectivity index (χ2v) is 13.8. The van der Waals surface area contributed by atoms with E-state index in [1.807, 2.05) is 42.5 Å². The summed E-state index contributed by atoms with van der Waals surface area (Å²) in [6.07, 6.45) is 0.893. The highest BCUT2D eigenvalue weighted by Gasteiger charge is 2.91. The van der Waals surface area contributed by atoms with E-state index < -0.39 is 66.4 Å². The Hall–Kier alpha value is -2.83. The molecule has 3 rings (SSSR count). The van der Waals surface area contributed by atoms with E-state index in [0.29, 0.717) is 52.5 Å². The lowest BCUT2D eigenvalue weighted by molar-refractivity contribution is -0.443. The number of ether oxygens (including phenoxy) is 5. The summed E-state index contributed by atoms with van der Waals surface area (Å²) in [7, 11) is 1.56. The van der Waals surface area contributed by atoms with Gasteiger partial charge < -0.3 is 23.7 Å². The standard InChI is InChI=1S/C38H47F13O5/c1-3-53-14-13-30-22-28(24-32(30)33(39,40)34(41,42)35(43,44)36(45,46)37(47,48)38(49,50)51)10-9-27-21-29(12-11-26-7-5-4-6-8-26)31(23-27)25-56-20-19-55-18-17-54-16-15-52-2/h4-14,27-32H,3,15-25H2,1-2H3/b10-9+,12-11-,14-13-. The van der Waals surface area contributed by atoms with Crippen molar-refractivity contribution in [2.24, 2.45) is 35.5 Å². The zero-order valence-corrected chi connectivity index (χ0v) is 30.8. The second kappa shape index (κ2) is 20.2. The molecule has 2 aliphatic carbocycles. The Bertz CT molecular complexity index is 1400. The van der Waals surface area contributed by atoms with Crippen LogP contribution in [0.3, 0.4) is 0 Å². The summed E-state index contributed by atoms with van der Waals surface area (Å²) in [6, 6.07) is 9.37. The van der Waals surface area contributed by atoms with Gasteiger partial charge in [0, 0.05) is 13.0 Å². The van der Waals surface area contributed by atoms with Gasteiger partial charge in [-0.2, -0.15) is 57.1 Å². The average molecular weight is 831 g/mol. The van der Waals surface area contributed by atoms with Crippen molar-refractivity contribution < 1.29 is 80.8 Å². The lowest BCUT2D eigenvalue weighted by Crippen LogP contribution is -2.71. The maximum atomic E-state index is 15.5. The third-order valence-electron chi connectivity index (χ3n) is 9.94. The molecule has 0 saturated heterocycles. The molecule has 1 aromatic rings. The van der Waals surface area contributed by atoms with E-state index in [0.717, 1.165) is 17.9 Å². The molecule has 0 heterocycles. The van der Waals surface area contributed by atoms with E-state index in [-0.39, 0.29) is 31.0 Å². The predicted octanol–water partition coefficient (Wildman–Crippen LogP) is 10.5. The first-order chi connectivity index (χ1) is 26.2. The van der Waals surface area contributed by atoms with Gasteiger partial charge in [0.25, 0.3) is 0 Å². The summed E-state index contributed by atoms with van der Waals surface area (Å²) >= 11 is 0. The minimum Gasteiger partial charge on any atom is -0.502 e. The predicted molar refractivity (Wildman–Crippen MR) is 180 cm³/mol. The van der Waals surface area contributed by atoms with E-state index in [4.69, 9.17) is 23.7 Å². The van der Waals surface area contributed by atoms with E-state index in [1.165, 1.54) is 13.0 Å². The van der Waals surface area contributed by atoms with Crippen molar-refractivity contribution in [3.05, 3.63) is 66.5 Å². The summed E-state index contributed by atoms with van der Waals surface area (Å²) in [5.74, 6) is -43.0. The highest BCUT2D eigenvalue weighted by molar-refractivity contribution is 5.49. The molecule has 56 heavy (non-hydrogen) atoms. The molecule has 18 heteroatoms. The molecule has 320 valence electrons. The molecule has 2 aliphatic rings. The van der Waals surface area contributed by atoms with Gasteiger partial charge in [0.15, 0.2) is 0 Å². The summed E-state index contributed by atoms with van der Waals surface area (Å²) in [6.45, 7) is 3.94. The molecular weight excluding hydrogens is 783 g/mol. The third-order valence-corrected chi connectivity index (χ3v) is 9.94. The Morgan fingerprint density at radius 1 is 0.589 bits per heavy atom. The monoisotopic (exact) mass is 830 g/mol. The van der Waals surface area contributed by atoms with Crippen LogP contribution < -0.4 is 0 Å². The Morgan fingerprint density at radius 2 is 1.12 bits per heavy atom. The van der Waals surface area contributed by atoms with Crippen LogP contribution in [0.25, 0.3) is 6.08 Å². The van der Waals surface area contributed by atoms with Crippen LogP contribution in [0.4, 0.5) is 57.1 Å². The number of alkyl halides is 13. The zero-order valence-electron chi connectivity index (χ0n) is 30.8. The van der Waals surface area contributed by atoms with Gasteiger partial charge in [0.1, 0.15) is 0 Å². The van der Waals surface area contributed by atoms with Crippen molar-refractivity contribution in [2.45, 2.75) is 68.4 Å². The molecule has 1 aromatic carbocycles. The summed E-state index contributed by atoms with van der Waals surface area (Å²) in [5, 5.41) is 0. The second-order valence-electron chi connectivity index (χ2n) is 13.8. The number of methoxy groups -OCH3 is 1. The fraction of sp³-hybridized carbons (Fsp3) is 0.684. The van der Waals surface area contributed by atoms with E-state index in [9.17, 15) is 48.3 Å². The van der Waals surface area contributed by atoms with E-state index in [1.54, 1.807) is 13.2 Å². The van der Waals surface area contributed by atoms with Crippen LogP contribution in [0.15, 0.2) is 60.9 Å². The number of rotatable bonds is 23. The third kappa shape index (κ3) is 11.2. The van der Waals surface area contributed by atoms with Crippen molar-refractivity contribution in [3.63, 3.8) is 0 Å². The Labute approximate surface area is 317 Å². The first-order valence-electron chi connectivity index (χ1n) is 18.0. The average Bonchev–Trinajstić information content (AvgIpc) is 3.74. The molecule has 6 atom stereocenters. The van der Waals surface area contributed by atoms with Gasteiger partial charge in [-0.25, -0.2) is 0 Å². The van der Waals surface area contributed by atoms with Crippen LogP contribution in [0, 0.1) is 35.5 Å². The van der Waals surface area contributed by atoms with Gasteiger partial charge in [-0.05, 0) is 73.8 Å². The summed E-state index contributed by atoms with van der Waals surface area (Å²) in [5.41, 5.74) is 0.929. The zero-order chi connectivity index (χ0) is 41.8. The largest absolute Gasteiger partial charge is 0.502 e. The van der Waals surface area contributed by atoms with Gasteiger partial charge >= 0.3 is 35.8 Å². The SMILES string of the molecule is CCO/C=C\C1CC(/C=C/C2CC(/C=C\c3ccccc3)C(COCCOCCOCCOC)C2)CC1C(F)(F)C(F)(F)C(F)(F)C(F)(F)C(F)(F)C(F)(F)F. The van der Waals surface area contributed by atoms with Gasteiger partial charge in [-0.15, -0.1) is 0 Å². The molecule has 0 N–H and O–H groups in total. The summed E-state index contributed by atoms with van der Waals surface area (Å²) in [4.78, 5) is 0. The van der Waals surface area contributed by atoms with Crippen LogP contribution in [0.1, 0.15) is 38.2 Å². The fourth-order valence-corrected chi connectivity index (χ4v) is 6.88. The Balaban J connectivity index is 1.76. The Kier molecular flexibility index (Phi) is 17.2. The lowest BCUT2D eigenvalue weighted by atomic mass is 9.82. The molecule has 6 unspecified atom stereocenters. The van der Waals surface area contributed by atoms with Crippen molar-refractivity contribution in [1.29, 1.82) is 0 Å². The lowest BCUT2D eigenvalue weighted by Gasteiger charge is -2.42. The highest BCUT2D eigenvalue weighted by atomic mass is 19.4. The first kappa shape index (κ1) is 47.5. The fourth-order valence-electron chi connectivity index (χ4n) is 6.88. The van der Waals surface area contributed by atoms with Crippen LogP contribution in [0.5, 0.6) is 0 Å². The molecule has 5 nitrogen and oxygen atoms in total. The normalized spacial score (nSPS) is 24.7. The topological polar surface area (TPSA) is 46.2 Å². The van der Waals surface area contributed by atoms with Gasteiger partial charge in [-0.1, -0.05) is 54.6 Å². The smallest absolute Gasteiger partial charge is 0.460 e. The Morgan fingerprint density at radius 3 is 1.70 bits per heavy atom. The molecule has 0 radical (unpaired) electrons.